The van der Waals surface area contributed by atoms with E-state index in [-0.39, 0.29) is 11.3 Å². The van der Waals surface area contributed by atoms with Gasteiger partial charge in [0.25, 0.3) is 5.91 Å². The first-order valence-electron chi connectivity index (χ1n) is 9.10. The number of alkyl halides is 3. The summed E-state index contributed by atoms with van der Waals surface area (Å²) in [5, 5.41) is 8.76. The first kappa shape index (κ1) is 18.8. The fourth-order valence-corrected chi connectivity index (χ4v) is 5.46. The Labute approximate surface area is 171 Å². The van der Waals surface area contributed by atoms with E-state index in [0.29, 0.717) is 39.6 Å². The topological polar surface area (TPSA) is 70.2 Å². The number of fused-ring (bicyclic) bond motifs is 4. The van der Waals surface area contributed by atoms with Gasteiger partial charge in [-0.25, -0.2) is 9.97 Å². The van der Waals surface area contributed by atoms with Gasteiger partial charge >= 0.3 is 6.18 Å². The molecule has 0 unspecified atom stereocenters. The van der Waals surface area contributed by atoms with Gasteiger partial charge in [0.2, 0.25) is 0 Å². The molecule has 0 saturated carbocycles. The highest BCUT2D eigenvalue weighted by Crippen LogP contribution is 2.39. The van der Waals surface area contributed by atoms with Crippen LogP contribution in [-0.4, -0.2) is 41.0 Å². The number of anilines is 2. The summed E-state index contributed by atoms with van der Waals surface area (Å²) in [6.07, 6.45) is -0.595. The smallest absolute Gasteiger partial charge is 0.349 e. The van der Waals surface area contributed by atoms with Crippen molar-refractivity contribution >= 4 is 50.4 Å². The molecule has 6 nitrogen and oxygen atoms in total. The number of aromatic nitrogens is 2. The number of piperazine rings is 1. The number of carbonyl (C=O) groups is 1. The average molecular weight is 439 g/mol. The van der Waals surface area contributed by atoms with Crippen molar-refractivity contribution in [1.29, 1.82) is 0 Å². The Kier molecular flexibility index (Phi) is 4.48. The largest absolute Gasteiger partial charge is 0.427 e. The molecule has 6 heterocycles. The summed E-state index contributed by atoms with van der Waals surface area (Å²) in [7, 11) is 0. The third-order valence-corrected chi connectivity index (χ3v) is 7.16. The maximum atomic E-state index is 13.1. The molecule has 2 N–H and O–H groups in total. The molecular formula is C18H16F3N5OS2. The Morgan fingerprint density at radius 2 is 2.17 bits per heavy atom. The first-order valence-corrected chi connectivity index (χ1v) is 10.9. The Hall–Kier alpha value is -2.24. The molecule has 152 valence electrons. The molecular weight excluding hydrogens is 423 g/mol. The van der Waals surface area contributed by atoms with E-state index in [4.69, 9.17) is 0 Å². The van der Waals surface area contributed by atoms with E-state index >= 15 is 0 Å². The van der Waals surface area contributed by atoms with Crippen LogP contribution in [0.2, 0.25) is 0 Å². The number of hydrogen-bond donors (Lipinski definition) is 2. The molecule has 3 aromatic rings. The van der Waals surface area contributed by atoms with Gasteiger partial charge in [0, 0.05) is 30.6 Å². The van der Waals surface area contributed by atoms with Gasteiger partial charge in [-0.2, -0.15) is 13.2 Å². The summed E-state index contributed by atoms with van der Waals surface area (Å²) in [6, 6.07) is 2.01. The Balaban J connectivity index is 1.45. The van der Waals surface area contributed by atoms with Crippen molar-refractivity contribution in [2.75, 3.05) is 23.3 Å². The zero-order chi connectivity index (χ0) is 20.2. The molecule has 11 heteroatoms. The third kappa shape index (κ3) is 3.36. The van der Waals surface area contributed by atoms with Gasteiger partial charge in [-0.1, -0.05) is 0 Å². The van der Waals surface area contributed by atoms with Crippen molar-refractivity contribution in [3.05, 3.63) is 33.5 Å². The van der Waals surface area contributed by atoms with Crippen LogP contribution < -0.4 is 15.5 Å². The van der Waals surface area contributed by atoms with Crippen molar-refractivity contribution in [2.24, 2.45) is 0 Å². The standard InChI is InChI=1S/C18H16F3N5OS2/c19-18(20,21)15-12(3-4-28-15)24-16(27)11-8-29-17-14(11)25-13(6-23-17)26-7-9-1-2-10(26)5-22-9/h3-4,6,8-10,22H,1-2,5,7H2,(H,24,27)/t9-,10-/m1/s1. The highest BCUT2D eigenvalue weighted by molar-refractivity contribution is 7.17. The zero-order valence-electron chi connectivity index (χ0n) is 15.0. The lowest BCUT2D eigenvalue weighted by molar-refractivity contribution is -0.133. The van der Waals surface area contributed by atoms with Crippen LogP contribution in [0.1, 0.15) is 28.1 Å². The molecule has 2 atom stereocenters. The second kappa shape index (κ2) is 6.92. The van der Waals surface area contributed by atoms with Gasteiger partial charge in [0.15, 0.2) is 0 Å². The molecule has 3 aliphatic heterocycles. The van der Waals surface area contributed by atoms with Gasteiger partial charge in [-0.3, -0.25) is 4.79 Å². The molecule has 0 radical (unpaired) electrons. The van der Waals surface area contributed by atoms with Crippen LogP contribution in [0, 0.1) is 0 Å². The van der Waals surface area contributed by atoms with E-state index < -0.39 is 17.0 Å². The fourth-order valence-electron chi connectivity index (χ4n) is 3.91. The maximum Gasteiger partial charge on any atom is 0.427 e. The lowest BCUT2D eigenvalue weighted by atomic mass is 9.93. The van der Waals surface area contributed by atoms with Crippen LogP contribution in [0.4, 0.5) is 24.7 Å². The lowest BCUT2D eigenvalue weighted by Gasteiger charge is -2.46. The van der Waals surface area contributed by atoms with Gasteiger partial charge in [0.1, 0.15) is 21.0 Å². The lowest BCUT2D eigenvalue weighted by Crippen LogP contribution is -2.61. The minimum atomic E-state index is -4.51. The minimum absolute atomic E-state index is 0.235. The SMILES string of the molecule is O=C(Nc1ccsc1C(F)(F)F)c1csc2ncc(N3C[C@H]4CC[C@@H]3CN4)nc12. The number of hydrogen-bond acceptors (Lipinski definition) is 7. The number of nitrogens with zero attached hydrogens (tertiary/aromatic N) is 3. The Morgan fingerprint density at radius 1 is 1.31 bits per heavy atom. The molecule has 29 heavy (non-hydrogen) atoms. The van der Waals surface area contributed by atoms with E-state index in [1.807, 2.05) is 0 Å². The summed E-state index contributed by atoms with van der Waals surface area (Å²) in [5.41, 5.74) is 0.414. The molecule has 3 aliphatic rings. The average Bonchev–Trinajstić information content (AvgIpc) is 3.35. The number of amides is 1. The quantitative estimate of drug-likeness (QED) is 0.647. The Bertz CT molecular complexity index is 1070. The molecule has 2 bridgehead atoms. The zero-order valence-corrected chi connectivity index (χ0v) is 16.6. The summed E-state index contributed by atoms with van der Waals surface area (Å²) in [5.74, 6) is 0.0843. The van der Waals surface area contributed by atoms with E-state index in [9.17, 15) is 18.0 Å². The van der Waals surface area contributed by atoms with Gasteiger partial charge in [-0.05, 0) is 24.3 Å². The molecule has 3 fully saturated rings. The van der Waals surface area contributed by atoms with Gasteiger partial charge in [0.05, 0.1) is 17.4 Å². The number of halogens is 3. The summed E-state index contributed by atoms with van der Waals surface area (Å²) in [6.45, 7) is 1.72. The predicted molar refractivity (Wildman–Crippen MR) is 107 cm³/mol. The van der Waals surface area contributed by atoms with Crippen molar-refractivity contribution in [2.45, 2.75) is 31.1 Å². The maximum absolute atomic E-state index is 13.1. The fraction of sp³-hybridized carbons (Fsp3) is 0.389. The van der Waals surface area contributed by atoms with Gasteiger partial charge < -0.3 is 15.5 Å². The summed E-state index contributed by atoms with van der Waals surface area (Å²) in [4.78, 5) is 23.8. The monoisotopic (exact) mass is 439 g/mol. The second-order valence-corrected chi connectivity index (χ2v) is 8.91. The first-order chi connectivity index (χ1) is 13.9. The van der Waals surface area contributed by atoms with Crippen LogP contribution in [0.15, 0.2) is 23.0 Å². The van der Waals surface area contributed by atoms with Crippen molar-refractivity contribution < 1.29 is 18.0 Å². The van der Waals surface area contributed by atoms with Crippen LogP contribution >= 0.6 is 22.7 Å². The second-order valence-electron chi connectivity index (χ2n) is 7.14. The summed E-state index contributed by atoms with van der Waals surface area (Å²) >= 11 is 1.80. The number of nitrogens with one attached hydrogen (secondary N) is 2. The normalized spacial score (nSPS) is 21.7. The number of piperidine rings is 2. The number of thiophene rings is 2. The van der Waals surface area contributed by atoms with E-state index in [1.54, 1.807) is 11.6 Å². The van der Waals surface area contributed by atoms with Crippen LogP contribution in [-0.2, 0) is 6.18 Å². The molecule has 3 saturated heterocycles. The van der Waals surface area contributed by atoms with Crippen molar-refractivity contribution in [1.82, 2.24) is 15.3 Å². The van der Waals surface area contributed by atoms with E-state index in [1.165, 1.54) is 22.8 Å². The Morgan fingerprint density at radius 3 is 2.86 bits per heavy atom. The predicted octanol–water partition coefficient (Wildman–Crippen LogP) is 3.96. The van der Waals surface area contributed by atoms with Crippen LogP contribution in [0.5, 0.6) is 0 Å². The third-order valence-electron chi connectivity index (χ3n) is 5.33. The summed E-state index contributed by atoms with van der Waals surface area (Å²) < 4.78 is 39.3. The van der Waals surface area contributed by atoms with Crippen LogP contribution in [0.25, 0.3) is 10.3 Å². The van der Waals surface area contributed by atoms with Crippen molar-refractivity contribution in [3.63, 3.8) is 0 Å². The molecule has 0 spiro atoms. The molecule has 3 aromatic heterocycles. The van der Waals surface area contributed by atoms with Gasteiger partial charge in [-0.15, -0.1) is 22.7 Å². The van der Waals surface area contributed by atoms with Crippen LogP contribution in [0.3, 0.4) is 0 Å². The van der Waals surface area contributed by atoms with Crippen molar-refractivity contribution in [3.8, 4) is 0 Å². The molecule has 0 aromatic carbocycles. The molecule has 6 rings (SSSR count). The highest BCUT2D eigenvalue weighted by atomic mass is 32.1. The number of rotatable bonds is 3. The minimum Gasteiger partial charge on any atom is -0.349 e. The van der Waals surface area contributed by atoms with E-state index in [2.05, 4.69) is 25.5 Å². The number of carbonyl (C=O) groups excluding carboxylic acids is 1. The molecule has 0 aliphatic carbocycles. The van der Waals surface area contributed by atoms with E-state index in [0.717, 1.165) is 25.9 Å². The highest BCUT2D eigenvalue weighted by Gasteiger charge is 2.36. The molecule has 1 amide bonds.